The number of hydrogen-bond acceptors (Lipinski definition) is 3. The van der Waals surface area contributed by atoms with E-state index < -0.39 is 0 Å². The molecule has 12 aromatic rings. The highest BCUT2D eigenvalue weighted by Crippen LogP contribution is 2.39. The summed E-state index contributed by atoms with van der Waals surface area (Å²) in [5.41, 5.74) is 14.6. The fraction of sp³-hybridized carbons (Fsp3) is 0. The van der Waals surface area contributed by atoms with E-state index in [1.165, 1.54) is 21.5 Å². The summed E-state index contributed by atoms with van der Waals surface area (Å²) in [5, 5.41) is 6.00. The highest BCUT2D eigenvalue weighted by atomic mass is 15.0. The molecule has 0 radical (unpaired) electrons. The van der Waals surface area contributed by atoms with E-state index in [0.717, 1.165) is 83.5 Å². The van der Waals surface area contributed by atoms with Crippen LogP contribution in [0.4, 0.5) is 0 Å². The second-order valence-electron chi connectivity index (χ2n) is 15.3. The van der Waals surface area contributed by atoms with Crippen LogP contribution in [-0.4, -0.2) is 24.1 Å². The van der Waals surface area contributed by atoms with Crippen LogP contribution in [0.1, 0.15) is 0 Å². The molecule has 280 valence electrons. The standard InChI is InChI=1S/C55H35N5/c1-2-14-38(15-3-1)55-57-49(37-28-26-36(27-29-37)42-30-31-56-48-21-9-4-16-43(42)48)35-50(58-55)39-32-40(59-51-22-10-5-17-44(51)45-18-6-11-23-52(45)59)34-41(33-39)60-53-24-12-7-19-46(53)47-20-8-13-25-54(47)60/h1-35H. The Balaban J connectivity index is 1.11. The van der Waals surface area contributed by atoms with E-state index in [2.05, 4.69) is 196 Å². The highest BCUT2D eigenvalue weighted by Gasteiger charge is 2.19. The minimum absolute atomic E-state index is 0.674. The van der Waals surface area contributed by atoms with Crippen LogP contribution < -0.4 is 0 Å². The molecule has 0 atom stereocenters. The van der Waals surface area contributed by atoms with Crippen molar-refractivity contribution in [1.29, 1.82) is 0 Å². The Kier molecular flexibility index (Phi) is 7.78. The number of pyridine rings is 1. The van der Waals surface area contributed by atoms with Crippen molar-refractivity contribution in [2.45, 2.75) is 0 Å². The number of para-hydroxylation sites is 5. The summed E-state index contributed by atoms with van der Waals surface area (Å²) in [6.07, 6.45) is 1.88. The van der Waals surface area contributed by atoms with Gasteiger partial charge in [-0.05, 0) is 71.8 Å². The largest absolute Gasteiger partial charge is 0.309 e. The first-order valence-corrected chi connectivity index (χ1v) is 20.3. The predicted molar refractivity (Wildman–Crippen MR) is 248 cm³/mol. The lowest BCUT2D eigenvalue weighted by Crippen LogP contribution is -2.01. The van der Waals surface area contributed by atoms with Crippen LogP contribution >= 0.6 is 0 Å². The molecule has 0 saturated carbocycles. The summed E-state index contributed by atoms with van der Waals surface area (Å²) in [7, 11) is 0. The fourth-order valence-electron chi connectivity index (χ4n) is 9.03. The molecule has 0 amide bonds. The Hall–Kier alpha value is -8.15. The molecule has 0 aliphatic carbocycles. The Labute approximate surface area is 346 Å². The lowest BCUT2D eigenvalue weighted by atomic mass is 9.99. The number of aromatic nitrogens is 5. The van der Waals surface area contributed by atoms with E-state index in [-0.39, 0.29) is 0 Å². The maximum atomic E-state index is 5.36. The van der Waals surface area contributed by atoms with Crippen LogP contribution in [0.5, 0.6) is 0 Å². The van der Waals surface area contributed by atoms with Gasteiger partial charge in [0.25, 0.3) is 0 Å². The van der Waals surface area contributed by atoms with Gasteiger partial charge < -0.3 is 9.13 Å². The first-order valence-electron chi connectivity index (χ1n) is 20.3. The molecule has 4 heterocycles. The van der Waals surface area contributed by atoms with Gasteiger partial charge in [0.05, 0.1) is 39.0 Å². The SMILES string of the molecule is c1ccc(-c2nc(-c3ccc(-c4ccnc5ccccc45)cc3)cc(-c3cc(-n4c5ccccc5c5ccccc54)cc(-n4c5ccccc5c5ccccc54)c3)n2)cc1. The van der Waals surface area contributed by atoms with Gasteiger partial charge >= 0.3 is 0 Å². The number of hydrogen-bond donors (Lipinski definition) is 0. The molecule has 0 aliphatic rings. The summed E-state index contributed by atoms with van der Waals surface area (Å²) in [6.45, 7) is 0. The molecular weight excluding hydrogens is 731 g/mol. The van der Waals surface area contributed by atoms with E-state index in [0.29, 0.717) is 5.82 Å². The Morgan fingerprint density at radius 2 is 0.767 bits per heavy atom. The van der Waals surface area contributed by atoms with Gasteiger partial charge in [-0.2, -0.15) is 0 Å². The van der Waals surface area contributed by atoms with E-state index in [1.807, 2.05) is 30.5 Å². The van der Waals surface area contributed by atoms with Crippen molar-refractivity contribution >= 4 is 54.5 Å². The number of nitrogens with zero attached hydrogens (tertiary/aromatic N) is 5. The first-order chi connectivity index (χ1) is 29.7. The van der Waals surface area contributed by atoms with Crippen LogP contribution in [0.3, 0.4) is 0 Å². The van der Waals surface area contributed by atoms with Gasteiger partial charge in [0.15, 0.2) is 5.82 Å². The zero-order valence-electron chi connectivity index (χ0n) is 32.4. The zero-order valence-corrected chi connectivity index (χ0v) is 32.4. The Morgan fingerprint density at radius 3 is 1.32 bits per heavy atom. The number of fused-ring (bicyclic) bond motifs is 7. The molecule has 0 bridgehead atoms. The van der Waals surface area contributed by atoms with Gasteiger partial charge in [0, 0.05) is 61.2 Å². The molecule has 60 heavy (non-hydrogen) atoms. The van der Waals surface area contributed by atoms with Crippen molar-refractivity contribution < 1.29 is 0 Å². The van der Waals surface area contributed by atoms with Gasteiger partial charge in [-0.15, -0.1) is 0 Å². The number of benzene rings is 8. The average Bonchev–Trinajstić information content (AvgIpc) is 3.85. The molecule has 0 N–H and O–H groups in total. The van der Waals surface area contributed by atoms with Gasteiger partial charge in [-0.25, -0.2) is 9.97 Å². The summed E-state index contributed by atoms with van der Waals surface area (Å²) >= 11 is 0. The van der Waals surface area contributed by atoms with Crippen molar-refractivity contribution in [2.75, 3.05) is 0 Å². The van der Waals surface area contributed by atoms with Crippen LogP contribution in [0.25, 0.3) is 111 Å². The van der Waals surface area contributed by atoms with Gasteiger partial charge in [0.1, 0.15) is 0 Å². The highest BCUT2D eigenvalue weighted by molar-refractivity contribution is 6.10. The predicted octanol–water partition coefficient (Wildman–Crippen LogP) is 13.9. The van der Waals surface area contributed by atoms with Crippen molar-refractivity contribution in [2.24, 2.45) is 0 Å². The third-order valence-corrected chi connectivity index (χ3v) is 11.8. The third-order valence-electron chi connectivity index (χ3n) is 11.8. The molecule has 5 heteroatoms. The smallest absolute Gasteiger partial charge is 0.160 e. The molecule has 12 rings (SSSR count). The quantitative estimate of drug-likeness (QED) is 0.169. The van der Waals surface area contributed by atoms with E-state index in [9.17, 15) is 0 Å². The van der Waals surface area contributed by atoms with Gasteiger partial charge in [0.2, 0.25) is 0 Å². The monoisotopic (exact) mass is 765 g/mol. The second-order valence-corrected chi connectivity index (χ2v) is 15.3. The molecule has 5 nitrogen and oxygen atoms in total. The maximum Gasteiger partial charge on any atom is 0.160 e. The van der Waals surface area contributed by atoms with Gasteiger partial charge in [-0.1, -0.05) is 146 Å². The van der Waals surface area contributed by atoms with E-state index in [4.69, 9.17) is 9.97 Å². The summed E-state index contributed by atoms with van der Waals surface area (Å²) in [5.74, 6) is 0.674. The molecule has 8 aromatic carbocycles. The maximum absolute atomic E-state index is 5.36. The molecule has 4 aromatic heterocycles. The van der Waals surface area contributed by atoms with E-state index in [1.54, 1.807) is 0 Å². The topological polar surface area (TPSA) is 48.5 Å². The van der Waals surface area contributed by atoms with Gasteiger partial charge in [-0.3, -0.25) is 4.98 Å². The molecule has 0 unspecified atom stereocenters. The van der Waals surface area contributed by atoms with Crippen LogP contribution in [0.15, 0.2) is 212 Å². The molecule has 0 aliphatic heterocycles. The van der Waals surface area contributed by atoms with Crippen molar-refractivity contribution in [3.63, 3.8) is 0 Å². The van der Waals surface area contributed by atoms with Crippen molar-refractivity contribution in [3.05, 3.63) is 212 Å². The summed E-state index contributed by atoms with van der Waals surface area (Å²) < 4.78 is 4.79. The lowest BCUT2D eigenvalue weighted by Gasteiger charge is -2.16. The normalized spacial score (nSPS) is 11.7. The fourth-order valence-corrected chi connectivity index (χ4v) is 9.03. The Bertz CT molecular complexity index is 3350. The lowest BCUT2D eigenvalue weighted by molar-refractivity contribution is 1.13. The molecular formula is C55H35N5. The van der Waals surface area contributed by atoms with E-state index >= 15 is 0 Å². The molecule has 0 fully saturated rings. The molecule has 0 saturated heterocycles. The number of rotatable bonds is 6. The third kappa shape index (κ3) is 5.52. The van der Waals surface area contributed by atoms with Crippen molar-refractivity contribution in [3.8, 4) is 56.4 Å². The summed E-state index contributed by atoms with van der Waals surface area (Å²) in [4.78, 5) is 15.2. The molecule has 0 spiro atoms. The van der Waals surface area contributed by atoms with Crippen LogP contribution in [0.2, 0.25) is 0 Å². The minimum Gasteiger partial charge on any atom is -0.309 e. The van der Waals surface area contributed by atoms with Crippen LogP contribution in [0, 0.1) is 0 Å². The average molecular weight is 766 g/mol. The zero-order chi connectivity index (χ0) is 39.6. The second kappa shape index (κ2) is 13.8. The minimum atomic E-state index is 0.674. The Morgan fingerprint density at radius 1 is 0.317 bits per heavy atom. The first kappa shape index (κ1) is 33.9. The van der Waals surface area contributed by atoms with Crippen LogP contribution in [-0.2, 0) is 0 Å². The van der Waals surface area contributed by atoms with Crippen molar-refractivity contribution in [1.82, 2.24) is 24.1 Å². The summed E-state index contributed by atoms with van der Waals surface area (Å²) in [6, 6.07) is 73.2.